The summed E-state index contributed by atoms with van der Waals surface area (Å²) in [6, 6.07) is 4.31. The van der Waals surface area contributed by atoms with Gasteiger partial charge in [-0.05, 0) is 46.3 Å². The Morgan fingerprint density at radius 2 is 1.91 bits per heavy atom. The molecule has 1 heterocycles. The molecule has 0 atom stereocenters. The lowest BCUT2D eigenvalue weighted by molar-refractivity contribution is 0.204. The first-order valence-corrected chi connectivity index (χ1v) is 8.80. The van der Waals surface area contributed by atoms with Crippen LogP contribution in [0, 0.1) is 0 Å². The molecule has 0 saturated heterocycles. The van der Waals surface area contributed by atoms with Gasteiger partial charge in [-0.2, -0.15) is 0 Å². The van der Waals surface area contributed by atoms with Crippen LogP contribution in [0.1, 0.15) is 39.5 Å². The summed E-state index contributed by atoms with van der Waals surface area (Å²) < 4.78 is 0. The van der Waals surface area contributed by atoms with Crippen molar-refractivity contribution in [2.75, 3.05) is 33.7 Å². The van der Waals surface area contributed by atoms with Crippen molar-refractivity contribution in [2.45, 2.75) is 45.6 Å². The number of hydrogen-bond donors (Lipinski definition) is 2. The highest BCUT2D eigenvalue weighted by Crippen LogP contribution is 2.26. The summed E-state index contributed by atoms with van der Waals surface area (Å²) in [4.78, 5) is 8.34. The van der Waals surface area contributed by atoms with Crippen LogP contribution < -0.4 is 10.6 Å². The third-order valence-electron chi connectivity index (χ3n) is 4.06. The summed E-state index contributed by atoms with van der Waals surface area (Å²) in [5.74, 6) is 0.891. The van der Waals surface area contributed by atoms with Gasteiger partial charge >= 0.3 is 0 Å². The highest BCUT2D eigenvalue weighted by Gasteiger charge is 2.23. The lowest BCUT2D eigenvalue weighted by atomic mass is 9.91. The van der Waals surface area contributed by atoms with Crippen LogP contribution in [0.15, 0.2) is 22.5 Å². The van der Waals surface area contributed by atoms with Gasteiger partial charge in [0.2, 0.25) is 0 Å². The van der Waals surface area contributed by atoms with E-state index in [4.69, 9.17) is 4.99 Å². The molecule has 0 aliphatic rings. The highest BCUT2D eigenvalue weighted by molar-refractivity contribution is 7.10. The zero-order valence-electron chi connectivity index (χ0n) is 15.2. The van der Waals surface area contributed by atoms with Crippen molar-refractivity contribution in [3.63, 3.8) is 0 Å². The fraction of sp³-hybridized carbons (Fsp3) is 0.706. The lowest BCUT2D eigenvalue weighted by Gasteiger charge is -2.31. The lowest BCUT2D eigenvalue weighted by Crippen LogP contribution is -2.46. The third kappa shape index (κ3) is 5.61. The van der Waals surface area contributed by atoms with E-state index >= 15 is 0 Å². The van der Waals surface area contributed by atoms with Crippen molar-refractivity contribution < 1.29 is 0 Å². The minimum Gasteiger partial charge on any atom is -0.357 e. The van der Waals surface area contributed by atoms with Gasteiger partial charge in [0.15, 0.2) is 5.96 Å². The minimum absolute atomic E-state index is 0.0472. The van der Waals surface area contributed by atoms with E-state index in [1.54, 1.807) is 0 Å². The molecule has 0 bridgehead atoms. The van der Waals surface area contributed by atoms with E-state index in [-0.39, 0.29) is 11.0 Å². The minimum atomic E-state index is 0.0472. The smallest absolute Gasteiger partial charge is 0.191 e. The quantitative estimate of drug-likeness (QED) is 0.598. The van der Waals surface area contributed by atoms with E-state index in [1.165, 1.54) is 4.88 Å². The maximum absolute atomic E-state index is 4.75. The summed E-state index contributed by atoms with van der Waals surface area (Å²) in [5.41, 5.74) is 0.146. The molecule has 0 amide bonds. The Morgan fingerprint density at radius 1 is 1.23 bits per heavy atom. The van der Waals surface area contributed by atoms with Crippen molar-refractivity contribution in [3.8, 4) is 0 Å². The number of likely N-dealkylation sites (N-methyl/N-ethyl adjacent to an activating group) is 1. The fourth-order valence-corrected chi connectivity index (χ4v) is 2.66. The van der Waals surface area contributed by atoms with Crippen molar-refractivity contribution in [1.29, 1.82) is 0 Å². The van der Waals surface area contributed by atoms with Crippen molar-refractivity contribution in [2.24, 2.45) is 4.99 Å². The molecule has 0 aliphatic carbocycles. The predicted octanol–water partition coefficient (Wildman–Crippen LogP) is 2.92. The molecule has 0 spiro atoms. The van der Waals surface area contributed by atoms with E-state index in [1.807, 2.05) is 11.3 Å². The molecule has 1 rings (SSSR count). The zero-order chi connectivity index (χ0) is 16.8. The van der Waals surface area contributed by atoms with Gasteiger partial charge in [0.05, 0.1) is 6.54 Å². The Kier molecular flexibility index (Phi) is 6.88. The summed E-state index contributed by atoms with van der Waals surface area (Å²) in [7, 11) is 4.19. The summed E-state index contributed by atoms with van der Waals surface area (Å²) in [5, 5.41) is 8.96. The van der Waals surface area contributed by atoms with E-state index in [0.717, 1.165) is 25.6 Å². The van der Waals surface area contributed by atoms with Crippen LogP contribution in [0.25, 0.3) is 0 Å². The molecule has 5 heteroatoms. The molecule has 0 radical (unpaired) electrons. The molecule has 1 aromatic rings. The second-order valence-corrected chi connectivity index (χ2v) is 8.06. The van der Waals surface area contributed by atoms with Crippen LogP contribution in [0.2, 0.25) is 0 Å². The first kappa shape index (κ1) is 19.0. The molecule has 4 nitrogen and oxygen atoms in total. The van der Waals surface area contributed by atoms with Crippen molar-refractivity contribution in [1.82, 2.24) is 15.5 Å². The van der Waals surface area contributed by atoms with Gasteiger partial charge in [0.1, 0.15) is 0 Å². The number of thiophene rings is 1. The molecule has 1 aromatic heterocycles. The Hall–Kier alpha value is -1.07. The van der Waals surface area contributed by atoms with Gasteiger partial charge in [-0.3, -0.25) is 4.99 Å². The van der Waals surface area contributed by atoms with Crippen LogP contribution >= 0.6 is 11.3 Å². The topological polar surface area (TPSA) is 39.7 Å². The van der Waals surface area contributed by atoms with Crippen LogP contribution in [-0.2, 0) is 5.41 Å². The Bertz CT molecular complexity index is 461. The fourth-order valence-electron chi connectivity index (χ4n) is 1.81. The highest BCUT2D eigenvalue weighted by atomic mass is 32.1. The first-order valence-electron chi connectivity index (χ1n) is 7.92. The summed E-state index contributed by atoms with van der Waals surface area (Å²) >= 11 is 1.81. The van der Waals surface area contributed by atoms with Crippen LogP contribution in [0.3, 0.4) is 0 Å². The van der Waals surface area contributed by atoms with Crippen LogP contribution in [0.4, 0.5) is 0 Å². The SMILES string of the molecule is CCNC(=NCC(C)(C)N(C)C)NCC(C)(C)c1cccs1. The van der Waals surface area contributed by atoms with Crippen molar-refractivity contribution >= 4 is 17.3 Å². The van der Waals surface area contributed by atoms with E-state index in [2.05, 4.69) is 81.8 Å². The summed E-state index contributed by atoms with van der Waals surface area (Å²) in [6.45, 7) is 13.5. The van der Waals surface area contributed by atoms with Gasteiger partial charge in [-0.25, -0.2) is 0 Å². The Labute approximate surface area is 140 Å². The molecular weight excluding hydrogens is 292 g/mol. The van der Waals surface area contributed by atoms with Gasteiger partial charge in [0, 0.05) is 28.9 Å². The molecule has 2 N–H and O–H groups in total. The van der Waals surface area contributed by atoms with E-state index < -0.39 is 0 Å². The predicted molar refractivity (Wildman–Crippen MR) is 99.1 cm³/mol. The monoisotopic (exact) mass is 324 g/mol. The molecule has 0 saturated carbocycles. The molecule has 0 aliphatic heterocycles. The normalized spacial score (nSPS) is 13.5. The van der Waals surface area contributed by atoms with Gasteiger partial charge in [-0.1, -0.05) is 19.9 Å². The zero-order valence-corrected chi connectivity index (χ0v) is 16.0. The molecule has 126 valence electrons. The van der Waals surface area contributed by atoms with Crippen LogP contribution in [-0.4, -0.2) is 50.1 Å². The van der Waals surface area contributed by atoms with Crippen LogP contribution in [0.5, 0.6) is 0 Å². The van der Waals surface area contributed by atoms with Gasteiger partial charge in [0.25, 0.3) is 0 Å². The molecule has 0 fully saturated rings. The largest absolute Gasteiger partial charge is 0.357 e. The standard InChI is InChI=1S/C17H32N4S/c1-8-18-15(20-13-17(4,5)21(6)7)19-12-16(2,3)14-10-9-11-22-14/h9-11H,8,12-13H2,1-7H3,(H2,18,19,20). The average molecular weight is 325 g/mol. The number of rotatable bonds is 7. The maximum Gasteiger partial charge on any atom is 0.191 e. The molecule has 0 unspecified atom stereocenters. The Balaban J connectivity index is 2.68. The first-order chi connectivity index (χ1) is 10.2. The third-order valence-corrected chi connectivity index (χ3v) is 5.30. The van der Waals surface area contributed by atoms with E-state index in [0.29, 0.717) is 0 Å². The van der Waals surface area contributed by atoms with E-state index in [9.17, 15) is 0 Å². The maximum atomic E-state index is 4.75. The molecule has 0 aromatic carbocycles. The number of hydrogen-bond acceptors (Lipinski definition) is 3. The summed E-state index contributed by atoms with van der Waals surface area (Å²) in [6.07, 6.45) is 0. The van der Waals surface area contributed by atoms with Gasteiger partial charge < -0.3 is 15.5 Å². The van der Waals surface area contributed by atoms with Gasteiger partial charge in [-0.15, -0.1) is 11.3 Å². The van der Waals surface area contributed by atoms with Crippen molar-refractivity contribution in [3.05, 3.63) is 22.4 Å². The second kappa shape index (κ2) is 7.97. The Morgan fingerprint density at radius 3 is 2.41 bits per heavy atom. The second-order valence-electron chi connectivity index (χ2n) is 7.12. The number of aliphatic imine (C=N–C) groups is 1. The number of guanidine groups is 1. The number of nitrogens with one attached hydrogen (secondary N) is 2. The molecular formula is C17H32N4S. The number of nitrogens with zero attached hydrogens (tertiary/aromatic N) is 2. The average Bonchev–Trinajstić information content (AvgIpc) is 2.96. The molecule has 22 heavy (non-hydrogen) atoms.